The minimum Gasteiger partial charge on any atom is -0.462 e. The average molecular weight is 427 g/mol. The molecule has 0 unspecified atom stereocenters. The first-order valence-electron chi connectivity index (χ1n) is 8.46. The van der Waals surface area contributed by atoms with Crippen LogP contribution >= 0.6 is 23.8 Å². The molecule has 0 radical (unpaired) electrons. The number of ether oxygens (including phenoxy) is 4. The van der Waals surface area contributed by atoms with Crippen molar-refractivity contribution in [2.45, 2.75) is 30.7 Å². The van der Waals surface area contributed by atoms with E-state index in [1.807, 2.05) is 6.07 Å². The highest BCUT2D eigenvalue weighted by Crippen LogP contribution is 2.27. The third-order valence-electron chi connectivity index (χ3n) is 4.06. The number of thiocarbonyl (C=S) groups is 1. The van der Waals surface area contributed by atoms with Crippen molar-refractivity contribution in [2.75, 3.05) is 6.61 Å². The van der Waals surface area contributed by atoms with Gasteiger partial charge in [-0.1, -0.05) is 29.8 Å². The van der Waals surface area contributed by atoms with Gasteiger partial charge in [-0.25, -0.2) is 0 Å². The summed E-state index contributed by atoms with van der Waals surface area (Å²) in [6.45, 7) is -0.507. The highest BCUT2D eigenvalue weighted by Gasteiger charge is 2.47. The molecule has 0 aromatic heterocycles. The van der Waals surface area contributed by atoms with Crippen LogP contribution in [0.1, 0.15) is 0 Å². The largest absolute Gasteiger partial charge is 0.462 e. The molecule has 1 fully saturated rings. The molecule has 1 saturated heterocycles. The summed E-state index contributed by atoms with van der Waals surface area (Å²) in [7, 11) is 0. The highest BCUT2D eigenvalue weighted by molar-refractivity contribution is 7.79. The van der Waals surface area contributed by atoms with Gasteiger partial charge in [-0.05, 0) is 36.4 Å². The minimum atomic E-state index is -1.40. The van der Waals surface area contributed by atoms with Crippen molar-refractivity contribution in [1.29, 1.82) is 0 Å². The van der Waals surface area contributed by atoms with Crippen molar-refractivity contribution >= 4 is 29.1 Å². The van der Waals surface area contributed by atoms with Crippen LogP contribution < -0.4 is 9.47 Å². The van der Waals surface area contributed by atoms with E-state index in [0.29, 0.717) is 16.5 Å². The van der Waals surface area contributed by atoms with Gasteiger partial charge in [0.15, 0.2) is 12.2 Å². The molecule has 1 heterocycles. The molecule has 1 aliphatic rings. The maximum atomic E-state index is 10.6. The normalized spacial score (nSPS) is 27.1. The predicted molar refractivity (Wildman–Crippen MR) is 104 cm³/mol. The van der Waals surface area contributed by atoms with Crippen LogP contribution in [-0.2, 0) is 9.47 Å². The quantitative estimate of drug-likeness (QED) is 0.624. The van der Waals surface area contributed by atoms with E-state index < -0.39 is 37.3 Å². The maximum absolute atomic E-state index is 10.6. The summed E-state index contributed by atoms with van der Waals surface area (Å²) in [5.74, 6) is 0.819. The van der Waals surface area contributed by atoms with Gasteiger partial charge in [-0.15, -0.1) is 0 Å². The number of para-hydroxylation sites is 1. The number of halogens is 1. The number of benzene rings is 2. The van der Waals surface area contributed by atoms with Gasteiger partial charge in [-0.3, -0.25) is 0 Å². The first-order valence-corrected chi connectivity index (χ1v) is 9.24. The molecule has 2 aromatic rings. The van der Waals surface area contributed by atoms with E-state index in [9.17, 15) is 15.3 Å². The Morgan fingerprint density at radius 3 is 2.32 bits per heavy atom. The number of hydrogen-bond acceptors (Lipinski definition) is 8. The lowest BCUT2D eigenvalue weighted by Gasteiger charge is -2.41. The lowest BCUT2D eigenvalue weighted by molar-refractivity contribution is -0.275. The Labute approximate surface area is 172 Å². The molecule has 2 aromatic carbocycles. The summed E-state index contributed by atoms with van der Waals surface area (Å²) < 4.78 is 21.9. The topological polar surface area (TPSA) is 97.6 Å². The molecule has 3 N–H and O–H groups in total. The molecule has 0 bridgehead atoms. The Balaban J connectivity index is 1.69. The van der Waals surface area contributed by atoms with Crippen LogP contribution in [0.5, 0.6) is 11.5 Å². The maximum Gasteiger partial charge on any atom is 0.358 e. The second-order valence-corrected chi connectivity index (χ2v) is 6.80. The molecule has 0 aliphatic carbocycles. The number of hydrogen-bond donors (Lipinski definition) is 3. The molecule has 7 nitrogen and oxygen atoms in total. The Bertz CT molecular complexity index is 774. The Morgan fingerprint density at radius 2 is 1.68 bits per heavy atom. The van der Waals surface area contributed by atoms with E-state index >= 15 is 0 Å². The molecule has 5 atom stereocenters. The second kappa shape index (κ2) is 9.51. The summed E-state index contributed by atoms with van der Waals surface area (Å²) in [6.07, 6.45) is -6.22. The summed E-state index contributed by atoms with van der Waals surface area (Å²) in [4.78, 5) is 0. The zero-order valence-corrected chi connectivity index (χ0v) is 16.1. The van der Waals surface area contributed by atoms with Crippen molar-refractivity contribution in [3.8, 4) is 11.5 Å². The zero-order valence-electron chi connectivity index (χ0n) is 14.6. The number of rotatable bonds is 5. The molecule has 9 heteroatoms. The standard InChI is InChI=1S/C19H19ClO7S/c20-11-6-8-13(9-7-11)25-19(28)27-17-15(22)14(10-21)26-18(16(17)23)24-12-4-2-1-3-5-12/h1-9,14-18,21-23H,10H2/t14-,15-,16+,17+,18+/m1/s1. The van der Waals surface area contributed by atoms with Crippen molar-refractivity contribution < 1.29 is 34.3 Å². The molecule has 150 valence electrons. The Kier molecular flexibility index (Phi) is 7.06. The van der Waals surface area contributed by atoms with Crippen molar-refractivity contribution in [3.63, 3.8) is 0 Å². The van der Waals surface area contributed by atoms with E-state index in [0.717, 1.165) is 0 Å². The third kappa shape index (κ3) is 5.11. The van der Waals surface area contributed by atoms with Crippen LogP contribution in [0, 0.1) is 0 Å². The molecule has 0 spiro atoms. The van der Waals surface area contributed by atoms with E-state index in [4.69, 9.17) is 42.8 Å². The minimum absolute atomic E-state index is 0.317. The fourth-order valence-electron chi connectivity index (χ4n) is 2.66. The van der Waals surface area contributed by atoms with E-state index in [2.05, 4.69) is 0 Å². The van der Waals surface area contributed by atoms with Gasteiger partial charge in [0, 0.05) is 17.2 Å². The lowest BCUT2D eigenvalue weighted by Crippen LogP contribution is -2.61. The van der Waals surface area contributed by atoms with Gasteiger partial charge in [0.2, 0.25) is 6.29 Å². The monoisotopic (exact) mass is 426 g/mol. The molecule has 0 amide bonds. The Morgan fingerprint density at radius 1 is 1.00 bits per heavy atom. The van der Waals surface area contributed by atoms with Gasteiger partial charge < -0.3 is 34.3 Å². The summed E-state index contributed by atoms with van der Waals surface area (Å²) in [5.41, 5.74) is 0. The summed E-state index contributed by atoms with van der Waals surface area (Å²) in [5, 5.41) is 30.7. The van der Waals surface area contributed by atoms with Gasteiger partial charge in [-0.2, -0.15) is 0 Å². The van der Waals surface area contributed by atoms with E-state index in [1.54, 1.807) is 48.5 Å². The summed E-state index contributed by atoms with van der Waals surface area (Å²) in [6, 6.07) is 15.1. The number of aliphatic hydroxyl groups excluding tert-OH is 3. The molecule has 0 saturated carbocycles. The van der Waals surface area contributed by atoms with E-state index in [1.165, 1.54) is 0 Å². The molecule has 3 rings (SSSR count). The van der Waals surface area contributed by atoms with E-state index in [-0.39, 0.29) is 5.24 Å². The average Bonchev–Trinajstić information content (AvgIpc) is 2.70. The van der Waals surface area contributed by atoms with Gasteiger partial charge in [0.05, 0.1) is 6.61 Å². The smallest absolute Gasteiger partial charge is 0.358 e. The fourth-order valence-corrected chi connectivity index (χ4v) is 2.99. The van der Waals surface area contributed by atoms with Gasteiger partial charge in [0.1, 0.15) is 23.7 Å². The first-order chi connectivity index (χ1) is 13.5. The van der Waals surface area contributed by atoms with Gasteiger partial charge in [0.25, 0.3) is 0 Å². The van der Waals surface area contributed by atoms with Crippen LogP contribution in [0.2, 0.25) is 5.02 Å². The van der Waals surface area contributed by atoms with Crippen LogP contribution in [-0.4, -0.2) is 57.9 Å². The lowest BCUT2D eigenvalue weighted by atomic mass is 9.99. The highest BCUT2D eigenvalue weighted by atomic mass is 35.5. The second-order valence-electron chi connectivity index (χ2n) is 6.03. The first kappa shape index (κ1) is 20.8. The van der Waals surface area contributed by atoms with Crippen LogP contribution in [0.25, 0.3) is 0 Å². The van der Waals surface area contributed by atoms with Crippen molar-refractivity contribution in [1.82, 2.24) is 0 Å². The Hall–Kier alpha value is -1.94. The van der Waals surface area contributed by atoms with Gasteiger partial charge >= 0.3 is 5.24 Å². The van der Waals surface area contributed by atoms with Crippen LogP contribution in [0.4, 0.5) is 0 Å². The molecular weight excluding hydrogens is 408 g/mol. The third-order valence-corrected chi connectivity index (χ3v) is 4.50. The zero-order chi connectivity index (χ0) is 20.1. The molecule has 1 aliphatic heterocycles. The van der Waals surface area contributed by atoms with Crippen molar-refractivity contribution in [2.24, 2.45) is 0 Å². The van der Waals surface area contributed by atoms with Crippen molar-refractivity contribution in [3.05, 3.63) is 59.6 Å². The molecular formula is C19H19ClO7S. The predicted octanol–water partition coefficient (Wildman–Crippen LogP) is 1.91. The molecule has 28 heavy (non-hydrogen) atoms. The van der Waals surface area contributed by atoms with Crippen LogP contribution in [0.3, 0.4) is 0 Å². The SMILES string of the molecule is OC[C@H]1O[C@H](Oc2ccccc2)[C@@H](O)[C@@H](OC(=S)Oc2ccc(Cl)cc2)[C@@H]1O. The number of aliphatic hydroxyl groups is 3. The fraction of sp³-hybridized carbons (Fsp3) is 0.316. The summed E-state index contributed by atoms with van der Waals surface area (Å²) >= 11 is 10.9. The van der Waals surface area contributed by atoms with Crippen LogP contribution in [0.15, 0.2) is 54.6 Å².